The molecule has 1 aliphatic heterocycles. The van der Waals surface area contributed by atoms with Crippen molar-refractivity contribution in [3.8, 4) is 11.8 Å². The van der Waals surface area contributed by atoms with E-state index in [4.69, 9.17) is 9.31 Å². The van der Waals surface area contributed by atoms with Crippen LogP contribution >= 0.6 is 0 Å². The van der Waals surface area contributed by atoms with Gasteiger partial charge in [0, 0.05) is 18.6 Å². The Morgan fingerprint density at radius 3 is 2.32 bits per heavy atom. The van der Waals surface area contributed by atoms with Gasteiger partial charge in [0.25, 0.3) is 5.69 Å². The fourth-order valence-electron chi connectivity index (χ4n) is 2.57. The first-order valence-electron chi connectivity index (χ1n) is 9.45. The summed E-state index contributed by atoms with van der Waals surface area (Å²) in [5.74, 6) is 2.67. The van der Waals surface area contributed by atoms with Crippen molar-refractivity contribution in [1.82, 2.24) is 9.62 Å². The molecule has 0 amide bonds. The molecule has 166 valence electrons. The van der Waals surface area contributed by atoms with Crippen LogP contribution in [-0.4, -0.2) is 63.4 Å². The molecule has 1 aliphatic rings. The summed E-state index contributed by atoms with van der Waals surface area (Å²) >= 11 is 0. The normalized spacial score (nSPS) is 16.3. The van der Waals surface area contributed by atoms with Crippen LogP contribution in [0.15, 0.2) is 29.2 Å². The first-order valence-corrected chi connectivity index (χ1v) is 10.9. The van der Waals surface area contributed by atoms with Crippen molar-refractivity contribution in [1.29, 1.82) is 0 Å². The number of nitrogens with one attached hydrogen (secondary N) is 1. The van der Waals surface area contributed by atoms with Crippen LogP contribution in [0.3, 0.4) is 0 Å². The molecule has 0 spiro atoms. The third-order valence-corrected chi connectivity index (χ3v) is 5.58. The number of unbranched alkanes of at least 4 members (excludes halogenated alkanes) is 2. The molecule has 31 heavy (non-hydrogen) atoms. The number of nitro groups is 1. The lowest BCUT2D eigenvalue weighted by Gasteiger charge is -2.25. The zero-order chi connectivity index (χ0) is 23.0. The number of rotatable bonds is 7. The average Bonchev–Trinajstić information content (AvgIpc) is 2.68. The predicted octanol–water partition coefficient (Wildman–Crippen LogP) is 0.494. The van der Waals surface area contributed by atoms with Gasteiger partial charge in [-0.2, -0.15) is 4.72 Å². The second kappa shape index (κ2) is 10.9. The maximum Gasteiger partial charge on any atom is 0.631 e. The Bertz CT molecular complexity index is 967. The van der Waals surface area contributed by atoms with E-state index in [0.717, 1.165) is 37.1 Å². The molecular formula is C18H22BN3O8S. The summed E-state index contributed by atoms with van der Waals surface area (Å²) in [6, 6.07) is 4.21. The van der Waals surface area contributed by atoms with Crippen molar-refractivity contribution < 1.29 is 32.2 Å². The van der Waals surface area contributed by atoms with Gasteiger partial charge in [-0.25, -0.2) is 8.42 Å². The van der Waals surface area contributed by atoms with Gasteiger partial charge in [0.1, 0.15) is 5.94 Å². The highest BCUT2D eigenvalue weighted by atomic mass is 32.2. The van der Waals surface area contributed by atoms with Gasteiger partial charge in [0.2, 0.25) is 10.0 Å². The number of hydrogen-bond donors (Lipinski definition) is 1. The van der Waals surface area contributed by atoms with Crippen LogP contribution in [0.1, 0.15) is 26.2 Å². The number of nitrogens with zero attached hydrogens (tertiary/aromatic N) is 2. The summed E-state index contributed by atoms with van der Waals surface area (Å²) in [4.78, 5) is 35.3. The van der Waals surface area contributed by atoms with Crippen LogP contribution in [0.25, 0.3) is 0 Å². The van der Waals surface area contributed by atoms with E-state index in [0.29, 0.717) is 6.42 Å². The summed E-state index contributed by atoms with van der Waals surface area (Å²) in [7, 11) is -4.29. The number of carbonyl (C=O) groups is 2. The van der Waals surface area contributed by atoms with E-state index in [9.17, 15) is 28.1 Å². The van der Waals surface area contributed by atoms with E-state index in [2.05, 4.69) is 16.6 Å². The smallest absolute Gasteiger partial charge is 0.497 e. The molecule has 1 fully saturated rings. The molecule has 0 saturated carbocycles. The molecule has 1 atom stereocenters. The Morgan fingerprint density at radius 1 is 1.23 bits per heavy atom. The van der Waals surface area contributed by atoms with E-state index in [1.807, 2.05) is 6.92 Å². The van der Waals surface area contributed by atoms with E-state index in [1.54, 1.807) is 0 Å². The van der Waals surface area contributed by atoms with Crippen LogP contribution in [-0.2, 0) is 28.9 Å². The maximum atomic E-state index is 12.8. The molecule has 0 radical (unpaired) electrons. The van der Waals surface area contributed by atoms with Gasteiger partial charge in [0.15, 0.2) is 0 Å². The lowest BCUT2D eigenvalue weighted by atomic mass is 9.78. The van der Waals surface area contributed by atoms with Crippen LogP contribution in [0.2, 0.25) is 0 Å². The van der Waals surface area contributed by atoms with E-state index in [1.165, 1.54) is 11.9 Å². The first kappa shape index (κ1) is 24.3. The molecule has 0 aromatic heterocycles. The Balaban J connectivity index is 2.31. The molecular weight excluding hydrogens is 429 g/mol. The Hall–Kier alpha value is -2.95. The van der Waals surface area contributed by atoms with E-state index >= 15 is 0 Å². The Morgan fingerprint density at radius 2 is 1.81 bits per heavy atom. The SMILES string of the molecule is CCCCC#CC(NS(=O)(=O)c1ccc([N+](=O)[O-])cc1)B1OC(=O)CN(C)CC(=O)O1. The molecule has 0 aliphatic carbocycles. The highest BCUT2D eigenvalue weighted by Gasteiger charge is 2.41. The quantitative estimate of drug-likeness (QED) is 0.206. The van der Waals surface area contributed by atoms with Crippen molar-refractivity contribution in [2.45, 2.75) is 37.0 Å². The highest BCUT2D eigenvalue weighted by molar-refractivity contribution is 7.89. The number of nitro benzene ring substituents is 1. The minimum absolute atomic E-state index is 0.184. The largest absolute Gasteiger partial charge is 0.631 e. The third kappa shape index (κ3) is 7.35. The molecule has 1 N–H and O–H groups in total. The highest BCUT2D eigenvalue weighted by Crippen LogP contribution is 2.17. The van der Waals surface area contributed by atoms with Gasteiger partial charge in [-0.15, -0.1) is 5.92 Å². The zero-order valence-corrected chi connectivity index (χ0v) is 17.9. The van der Waals surface area contributed by atoms with Gasteiger partial charge in [-0.1, -0.05) is 19.3 Å². The van der Waals surface area contributed by atoms with Gasteiger partial charge < -0.3 is 9.31 Å². The first-order chi connectivity index (χ1) is 14.6. The molecule has 0 bridgehead atoms. The maximum absolute atomic E-state index is 12.8. The second-order valence-corrected chi connectivity index (χ2v) is 8.51. The van der Waals surface area contributed by atoms with Crippen LogP contribution in [0, 0.1) is 22.0 Å². The topological polar surface area (TPSA) is 145 Å². The Kier molecular flexibility index (Phi) is 8.55. The third-order valence-electron chi connectivity index (χ3n) is 4.12. The summed E-state index contributed by atoms with van der Waals surface area (Å²) in [6.07, 6.45) is 2.10. The minimum Gasteiger partial charge on any atom is -0.497 e. The number of benzene rings is 1. The molecule has 1 aromatic carbocycles. The van der Waals surface area contributed by atoms with E-state index in [-0.39, 0.29) is 23.7 Å². The van der Waals surface area contributed by atoms with Crippen molar-refractivity contribution >= 4 is 34.8 Å². The Labute approximate surface area is 180 Å². The van der Waals surface area contributed by atoms with Gasteiger partial charge in [0.05, 0.1) is 22.9 Å². The second-order valence-electron chi connectivity index (χ2n) is 6.80. The van der Waals surface area contributed by atoms with Crippen LogP contribution < -0.4 is 4.72 Å². The molecule has 2 rings (SSSR count). The summed E-state index contributed by atoms with van der Waals surface area (Å²) in [5, 5.41) is 10.8. The fourth-order valence-corrected chi connectivity index (χ4v) is 3.71. The van der Waals surface area contributed by atoms with Crippen molar-refractivity contribution in [3.63, 3.8) is 0 Å². The number of carbonyl (C=O) groups excluding carboxylic acids is 2. The van der Waals surface area contributed by atoms with E-state index < -0.39 is 39.9 Å². The number of sulfonamides is 1. The van der Waals surface area contributed by atoms with Gasteiger partial charge in [-0.3, -0.25) is 24.6 Å². The van der Waals surface area contributed by atoms with Crippen molar-refractivity contribution in [2.75, 3.05) is 20.1 Å². The monoisotopic (exact) mass is 451 g/mol. The molecule has 1 aromatic rings. The molecule has 1 heterocycles. The standard InChI is InChI=1S/C18H22BN3O8S/c1-3-4-5-6-7-16(19-29-17(23)12-21(2)13-18(24)30-19)20-31(27,28)15-10-8-14(9-11-15)22(25)26/h8-11,16,20H,3-5,12-13H2,1-2H3. The van der Waals surface area contributed by atoms with Crippen LogP contribution in [0.4, 0.5) is 5.69 Å². The number of non-ortho nitro benzene ring substituents is 1. The summed E-state index contributed by atoms with van der Waals surface area (Å²) in [5.41, 5.74) is -0.276. The van der Waals surface area contributed by atoms with Crippen molar-refractivity contribution in [2.24, 2.45) is 0 Å². The van der Waals surface area contributed by atoms with Gasteiger partial charge in [-0.05, 0) is 25.6 Å². The predicted molar refractivity (Wildman–Crippen MR) is 110 cm³/mol. The van der Waals surface area contributed by atoms with Gasteiger partial charge >= 0.3 is 19.1 Å². The number of likely N-dealkylation sites (N-methyl/N-ethyl adjacent to an activating group) is 1. The minimum atomic E-state index is -4.23. The fraction of sp³-hybridized carbons (Fsp3) is 0.444. The number of hydrogen-bond acceptors (Lipinski definition) is 9. The summed E-state index contributed by atoms with van der Waals surface area (Å²) in [6.45, 7) is 1.60. The average molecular weight is 451 g/mol. The van der Waals surface area contributed by atoms with Crippen molar-refractivity contribution in [3.05, 3.63) is 34.4 Å². The molecule has 11 nitrogen and oxygen atoms in total. The molecule has 1 saturated heterocycles. The zero-order valence-electron chi connectivity index (χ0n) is 17.1. The summed E-state index contributed by atoms with van der Waals surface area (Å²) < 4.78 is 38.1. The molecule has 13 heteroatoms. The van der Waals surface area contributed by atoms with Crippen LogP contribution in [0.5, 0.6) is 0 Å². The lowest BCUT2D eigenvalue weighted by molar-refractivity contribution is -0.384. The molecule has 1 unspecified atom stereocenters. The lowest BCUT2D eigenvalue weighted by Crippen LogP contribution is -2.53.